The maximum atomic E-state index is 13.2. The molecule has 0 radical (unpaired) electrons. The van der Waals surface area contributed by atoms with Crippen molar-refractivity contribution >= 4 is 61.8 Å². The summed E-state index contributed by atoms with van der Waals surface area (Å²) < 4.78 is 54.6. The van der Waals surface area contributed by atoms with Crippen molar-refractivity contribution < 1.29 is 27.2 Å². The highest BCUT2D eigenvalue weighted by atomic mass is 79.9. The lowest BCUT2D eigenvalue weighted by Crippen LogP contribution is -2.43. The summed E-state index contributed by atoms with van der Waals surface area (Å²) in [6.07, 6.45) is -1.79. The number of benzene rings is 1. The van der Waals surface area contributed by atoms with E-state index in [0.717, 1.165) is 6.92 Å². The average molecular weight is 654 g/mol. The number of nitrogen functional groups attached to an aromatic ring is 1. The Kier molecular flexibility index (Phi) is 8.14. The molecule has 214 valence electrons. The van der Waals surface area contributed by atoms with E-state index in [1.165, 1.54) is 12.3 Å². The number of hydrogen-bond acceptors (Lipinski definition) is 5. The number of pyridine rings is 2. The topological polar surface area (TPSA) is 115 Å². The second-order valence-electron chi connectivity index (χ2n) is 9.18. The molecule has 0 aliphatic carbocycles. The van der Waals surface area contributed by atoms with E-state index in [1.54, 1.807) is 38.4 Å². The molecule has 0 spiro atoms. The van der Waals surface area contributed by atoms with Crippen molar-refractivity contribution in [1.82, 2.24) is 19.9 Å². The molecule has 0 aliphatic rings. The summed E-state index contributed by atoms with van der Waals surface area (Å²) in [6.45, 7) is 5.58. The Balaban J connectivity index is 1.90. The molecular formula is C27H22BrClF4N6O2. The van der Waals surface area contributed by atoms with Gasteiger partial charge in [0, 0.05) is 41.8 Å². The predicted octanol–water partition coefficient (Wildman–Crippen LogP) is 6.71. The first-order valence-electron chi connectivity index (χ1n) is 11.8. The quantitative estimate of drug-likeness (QED) is 0.158. The SMILES string of the molecule is C=C(F)C(=O)Nc1ccc(-c2c(-c3cnc(C(=O)N[C@H](C)C(F)(F)F)c(Cl)c3)c3c(N)ncc(Br)c3n2C)c(C)c1. The normalized spacial score (nSPS) is 12.3. The second-order valence-corrected chi connectivity index (χ2v) is 10.4. The fraction of sp³-hybridized carbons (Fsp3) is 0.185. The van der Waals surface area contributed by atoms with Crippen molar-refractivity contribution in [2.45, 2.75) is 26.1 Å². The maximum absolute atomic E-state index is 13.2. The van der Waals surface area contributed by atoms with Crippen molar-refractivity contribution in [1.29, 1.82) is 0 Å². The van der Waals surface area contributed by atoms with E-state index in [2.05, 4.69) is 37.8 Å². The number of amides is 2. The third-order valence-electron chi connectivity index (χ3n) is 6.36. The van der Waals surface area contributed by atoms with E-state index in [0.29, 0.717) is 49.0 Å². The molecule has 0 bridgehead atoms. The number of alkyl halides is 3. The Morgan fingerprint density at radius 2 is 1.88 bits per heavy atom. The first-order chi connectivity index (χ1) is 19.1. The molecule has 4 N–H and O–H groups in total. The molecule has 8 nitrogen and oxygen atoms in total. The van der Waals surface area contributed by atoms with Gasteiger partial charge in [-0.05, 0) is 53.5 Å². The van der Waals surface area contributed by atoms with Crippen LogP contribution in [0.5, 0.6) is 0 Å². The summed E-state index contributed by atoms with van der Waals surface area (Å²) in [4.78, 5) is 32.6. The van der Waals surface area contributed by atoms with Crippen LogP contribution in [0, 0.1) is 6.92 Å². The minimum Gasteiger partial charge on any atom is -0.383 e. The number of anilines is 2. The van der Waals surface area contributed by atoms with Crippen LogP contribution >= 0.6 is 27.5 Å². The Hall–Kier alpha value is -3.97. The van der Waals surface area contributed by atoms with E-state index in [4.69, 9.17) is 17.3 Å². The summed E-state index contributed by atoms with van der Waals surface area (Å²) in [5.74, 6) is -3.01. The van der Waals surface area contributed by atoms with Gasteiger partial charge in [0.05, 0.1) is 26.1 Å². The number of nitrogens with one attached hydrogen (secondary N) is 2. The van der Waals surface area contributed by atoms with Crippen molar-refractivity contribution in [3.8, 4) is 22.4 Å². The highest BCUT2D eigenvalue weighted by Crippen LogP contribution is 2.45. The van der Waals surface area contributed by atoms with Crippen LogP contribution < -0.4 is 16.4 Å². The number of nitrogens with zero attached hydrogens (tertiary/aromatic N) is 3. The molecule has 1 atom stereocenters. The second kappa shape index (κ2) is 11.1. The number of nitrogens with two attached hydrogens (primary N) is 1. The van der Waals surface area contributed by atoms with Crippen molar-refractivity contribution in [2.24, 2.45) is 7.05 Å². The number of carbonyl (C=O) groups is 2. The zero-order valence-electron chi connectivity index (χ0n) is 21.8. The molecule has 0 saturated heterocycles. The van der Waals surface area contributed by atoms with Crippen molar-refractivity contribution in [2.75, 3.05) is 11.1 Å². The summed E-state index contributed by atoms with van der Waals surface area (Å²) in [6, 6.07) is 4.25. The number of aryl methyl sites for hydroxylation is 2. The van der Waals surface area contributed by atoms with Crippen LogP contribution in [0.1, 0.15) is 23.0 Å². The molecule has 4 rings (SSSR count). The lowest BCUT2D eigenvalue weighted by molar-refractivity contribution is -0.149. The lowest BCUT2D eigenvalue weighted by Gasteiger charge is -2.17. The number of hydrogen-bond donors (Lipinski definition) is 3. The Morgan fingerprint density at radius 1 is 1.20 bits per heavy atom. The summed E-state index contributed by atoms with van der Waals surface area (Å²) in [5.41, 5.74) is 9.91. The first kappa shape index (κ1) is 30.0. The summed E-state index contributed by atoms with van der Waals surface area (Å²) in [5, 5.41) is 4.62. The molecule has 14 heteroatoms. The van der Waals surface area contributed by atoms with Crippen molar-refractivity contribution in [3.63, 3.8) is 0 Å². The molecular weight excluding hydrogens is 632 g/mol. The zero-order chi connectivity index (χ0) is 30.4. The Labute approximate surface area is 244 Å². The molecule has 0 saturated carbocycles. The molecule has 0 fully saturated rings. The first-order valence-corrected chi connectivity index (χ1v) is 13.0. The van der Waals surface area contributed by atoms with Crippen LogP contribution in [0.4, 0.5) is 29.1 Å². The molecule has 0 unspecified atom stereocenters. The molecule has 3 aromatic heterocycles. The van der Waals surface area contributed by atoms with Crippen molar-refractivity contribution in [3.05, 3.63) is 69.8 Å². The molecule has 3 heterocycles. The van der Waals surface area contributed by atoms with E-state index in [-0.39, 0.29) is 16.5 Å². The largest absolute Gasteiger partial charge is 0.408 e. The van der Waals surface area contributed by atoms with Gasteiger partial charge in [0.25, 0.3) is 11.8 Å². The Morgan fingerprint density at radius 3 is 2.46 bits per heavy atom. The van der Waals surface area contributed by atoms with Gasteiger partial charge in [0.2, 0.25) is 0 Å². The molecule has 0 aliphatic heterocycles. The molecule has 2 amide bonds. The third kappa shape index (κ3) is 5.77. The van der Waals surface area contributed by atoms with Crippen LogP contribution in [0.2, 0.25) is 5.02 Å². The standard InChI is InChI=1S/C27H22BrClF4N6O2/c1-11-7-15(38-25(40)12(2)30)5-6-16(11)22-19(20-23(39(22)4)17(28)10-36-24(20)34)14-8-18(29)21(35-9-14)26(41)37-13(3)27(31,32)33/h5-10,13H,2H2,1,3-4H3,(H2,34,36)(H,37,41)(H,38,40)/t13-/m1/s1. The lowest BCUT2D eigenvalue weighted by atomic mass is 9.96. The average Bonchev–Trinajstić information content (AvgIpc) is 3.19. The number of halogens is 6. The molecule has 41 heavy (non-hydrogen) atoms. The number of rotatable bonds is 6. The smallest absolute Gasteiger partial charge is 0.383 e. The van der Waals surface area contributed by atoms with Crippen LogP contribution in [0.25, 0.3) is 33.3 Å². The van der Waals surface area contributed by atoms with Crippen LogP contribution in [0.15, 0.2) is 53.5 Å². The highest BCUT2D eigenvalue weighted by Gasteiger charge is 2.37. The van der Waals surface area contributed by atoms with E-state index in [1.807, 2.05) is 9.88 Å². The van der Waals surface area contributed by atoms with Gasteiger partial charge < -0.3 is 20.9 Å². The summed E-state index contributed by atoms with van der Waals surface area (Å²) in [7, 11) is 1.79. The molecule has 1 aromatic carbocycles. The summed E-state index contributed by atoms with van der Waals surface area (Å²) >= 11 is 9.89. The number of aromatic nitrogens is 3. The van der Waals surface area contributed by atoms with E-state index >= 15 is 0 Å². The fourth-order valence-electron chi connectivity index (χ4n) is 4.36. The van der Waals surface area contributed by atoms with Gasteiger partial charge in [-0.15, -0.1) is 0 Å². The third-order valence-corrected chi connectivity index (χ3v) is 7.23. The van der Waals surface area contributed by atoms with Gasteiger partial charge in [0.15, 0.2) is 5.83 Å². The van der Waals surface area contributed by atoms with Gasteiger partial charge in [-0.3, -0.25) is 9.59 Å². The van der Waals surface area contributed by atoms with Gasteiger partial charge in [-0.1, -0.05) is 24.2 Å². The van der Waals surface area contributed by atoms with Gasteiger partial charge >= 0.3 is 6.18 Å². The van der Waals surface area contributed by atoms with Gasteiger partial charge in [-0.2, -0.15) is 13.2 Å². The highest BCUT2D eigenvalue weighted by molar-refractivity contribution is 9.10. The minimum absolute atomic E-state index is 0.180. The monoisotopic (exact) mass is 652 g/mol. The maximum Gasteiger partial charge on any atom is 0.408 e. The predicted molar refractivity (Wildman–Crippen MR) is 153 cm³/mol. The zero-order valence-corrected chi connectivity index (χ0v) is 24.1. The van der Waals surface area contributed by atoms with Crippen LogP contribution in [0.3, 0.4) is 0 Å². The molecule has 4 aromatic rings. The van der Waals surface area contributed by atoms with Gasteiger partial charge in [-0.25, -0.2) is 14.4 Å². The minimum atomic E-state index is -4.64. The number of fused-ring (bicyclic) bond motifs is 1. The Bertz CT molecular complexity index is 1740. The number of carbonyl (C=O) groups excluding carboxylic acids is 2. The van der Waals surface area contributed by atoms with Crippen LogP contribution in [-0.4, -0.2) is 38.6 Å². The van der Waals surface area contributed by atoms with Gasteiger partial charge in [0.1, 0.15) is 17.6 Å². The van der Waals surface area contributed by atoms with E-state index in [9.17, 15) is 27.2 Å². The fourth-order valence-corrected chi connectivity index (χ4v) is 5.17. The van der Waals surface area contributed by atoms with E-state index < -0.39 is 29.9 Å². The van der Waals surface area contributed by atoms with Crippen LogP contribution in [-0.2, 0) is 11.8 Å².